The maximum atomic E-state index is 9.60. The Bertz CT molecular complexity index is 736. The molecule has 3 N–H and O–H groups in total. The van der Waals surface area contributed by atoms with Crippen molar-refractivity contribution in [2.75, 3.05) is 25.4 Å². The van der Waals surface area contributed by atoms with Crippen LogP contribution in [0.4, 0.5) is 5.82 Å². The van der Waals surface area contributed by atoms with Crippen molar-refractivity contribution in [2.24, 2.45) is 5.92 Å². The highest BCUT2D eigenvalue weighted by molar-refractivity contribution is 7.19. The summed E-state index contributed by atoms with van der Waals surface area (Å²) in [5, 5.41) is 10.7. The normalized spacial score (nSPS) is 22.8. The van der Waals surface area contributed by atoms with E-state index in [1.165, 1.54) is 16.9 Å². The van der Waals surface area contributed by atoms with Gasteiger partial charge in [0.1, 0.15) is 16.5 Å². The molecule has 0 bridgehead atoms. The van der Waals surface area contributed by atoms with Gasteiger partial charge < -0.3 is 15.7 Å². The number of fused-ring (bicyclic) bond motifs is 3. The molecule has 1 fully saturated rings. The van der Waals surface area contributed by atoms with Gasteiger partial charge in [-0.3, -0.25) is 0 Å². The standard InChI is InChI=1S/C18H26N4OS/c1-11-2-3-13-14(10-11)24-18-16(13)17(19)20-15(21-18)6-9-22-7-4-12(23)5-8-22/h11-12,23H,2-10H2,1H3,(H2,19,20,21). The van der Waals surface area contributed by atoms with Crippen LogP contribution in [-0.2, 0) is 19.3 Å². The molecule has 1 aliphatic carbocycles. The molecule has 0 spiro atoms. The Balaban J connectivity index is 1.52. The Morgan fingerprint density at radius 1 is 1.25 bits per heavy atom. The van der Waals surface area contributed by atoms with E-state index in [2.05, 4.69) is 16.8 Å². The second kappa shape index (κ2) is 6.58. The van der Waals surface area contributed by atoms with Crippen LogP contribution in [-0.4, -0.2) is 45.7 Å². The largest absolute Gasteiger partial charge is 0.393 e. The Hall–Kier alpha value is -1.24. The predicted molar refractivity (Wildman–Crippen MR) is 98.4 cm³/mol. The molecule has 1 unspecified atom stereocenters. The molecule has 2 aromatic rings. The third-order valence-electron chi connectivity index (χ3n) is 5.44. The number of thiophene rings is 1. The molecule has 4 rings (SSSR count). The molecule has 1 saturated heterocycles. The van der Waals surface area contributed by atoms with Gasteiger partial charge >= 0.3 is 0 Å². The van der Waals surface area contributed by atoms with Gasteiger partial charge in [-0.05, 0) is 43.6 Å². The number of nitrogens with zero attached hydrogens (tertiary/aromatic N) is 3. The molecule has 2 aliphatic rings. The Morgan fingerprint density at radius 3 is 2.83 bits per heavy atom. The van der Waals surface area contributed by atoms with E-state index in [-0.39, 0.29) is 6.10 Å². The molecule has 1 aliphatic heterocycles. The van der Waals surface area contributed by atoms with Gasteiger partial charge in [0.05, 0.1) is 11.5 Å². The van der Waals surface area contributed by atoms with Gasteiger partial charge in [-0.25, -0.2) is 9.97 Å². The fraction of sp³-hybridized carbons (Fsp3) is 0.667. The van der Waals surface area contributed by atoms with Crippen molar-refractivity contribution in [1.82, 2.24) is 14.9 Å². The van der Waals surface area contributed by atoms with E-state index >= 15 is 0 Å². The number of nitrogen functional groups attached to an aromatic ring is 1. The van der Waals surface area contributed by atoms with Crippen LogP contribution in [0.3, 0.4) is 0 Å². The number of aromatic nitrogens is 2. The summed E-state index contributed by atoms with van der Waals surface area (Å²) in [5.41, 5.74) is 7.70. The van der Waals surface area contributed by atoms with Crippen LogP contribution in [0.2, 0.25) is 0 Å². The highest BCUT2D eigenvalue weighted by atomic mass is 32.1. The summed E-state index contributed by atoms with van der Waals surface area (Å²) in [6.45, 7) is 5.19. The topological polar surface area (TPSA) is 75.3 Å². The van der Waals surface area contributed by atoms with Crippen molar-refractivity contribution >= 4 is 27.4 Å². The van der Waals surface area contributed by atoms with Crippen LogP contribution in [0.1, 0.15) is 42.5 Å². The second-order valence-electron chi connectivity index (χ2n) is 7.38. The van der Waals surface area contributed by atoms with Gasteiger partial charge in [0.2, 0.25) is 0 Å². The van der Waals surface area contributed by atoms with Crippen LogP contribution < -0.4 is 5.73 Å². The molecule has 0 aromatic carbocycles. The van der Waals surface area contributed by atoms with Gasteiger partial charge in [-0.2, -0.15) is 0 Å². The number of hydrogen-bond donors (Lipinski definition) is 2. The average molecular weight is 347 g/mol. The first kappa shape index (κ1) is 16.2. The van der Waals surface area contributed by atoms with Crippen molar-refractivity contribution in [2.45, 2.75) is 51.6 Å². The van der Waals surface area contributed by atoms with E-state index in [4.69, 9.17) is 10.7 Å². The van der Waals surface area contributed by atoms with Crippen LogP contribution in [0.15, 0.2) is 0 Å². The smallest absolute Gasteiger partial charge is 0.136 e. The first-order valence-corrected chi connectivity index (χ1v) is 9.89. The maximum absolute atomic E-state index is 9.60. The molecule has 0 saturated carbocycles. The molecule has 0 amide bonds. The lowest BCUT2D eigenvalue weighted by Crippen LogP contribution is -2.37. The molecule has 3 heterocycles. The van der Waals surface area contributed by atoms with Gasteiger partial charge in [-0.15, -0.1) is 11.3 Å². The number of aliphatic hydroxyl groups is 1. The monoisotopic (exact) mass is 346 g/mol. The molecule has 6 heteroatoms. The van der Waals surface area contributed by atoms with Gasteiger partial charge in [0.25, 0.3) is 0 Å². The summed E-state index contributed by atoms with van der Waals surface area (Å²) in [6, 6.07) is 0. The van der Waals surface area contributed by atoms with Crippen molar-refractivity contribution in [1.29, 1.82) is 0 Å². The van der Waals surface area contributed by atoms with Crippen LogP contribution in [0.25, 0.3) is 10.2 Å². The van der Waals surface area contributed by atoms with Crippen LogP contribution in [0, 0.1) is 5.92 Å². The third-order valence-corrected chi connectivity index (χ3v) is 6.59. The maximum Gasteiger partial charge on any atom is 0.136 e. The zero-order valence-electron chi connectivity index (χ0n) is 14.3. The number of nitrogens with two attached hydrogens (primary N) is 1. The highest BCUT2D eigenvalue weighted by Gasteiger charge is 2.23. The van der Waals surface area contributed by atoms with E-state index in [0.717, 1.165) is 73.7 Å². The van der Waals surface area contributed by atoms with E-state index in [0.29, 0.717) is 5.82 Å². The Kier molecular flexibility index (Phi) is 4.45. The van der Waals surface area contributed by atoms with E-state index in [1.54, 1.807) is 0 Å². The number of likely N-dealkylation sites (tertiary alicyclic amines) is 1. The minimum absolute atomic E-state index is 0.121. The fourth-order valence-electron chi connectivity index (χ4n) is 3.93. The summed E-state index contributed by atoms with van der Waals surface area (Å²) in [5.74, 6) is 2.28. The molecule has 2 aromatic heterocycles. The number of aryl methyl sites for hydroxylation is 1. The van der Waals surface area contributed by atoms with Gasteiger partial charge in [0.15, 0.2) is 0 Å². The quantitative estimate of drug-likeness (QED) is 0.892. The zero-order valence-corrected chi connectivity index (χ0v) is 15.1. The molecule has 5 nitrogen and oxygen atoms in total. The number of hydrogen-bond acceptors (Lipinski definition) is 6. The van der Waals surface area contributed by atoms with Gasteiger partial charge in [-0.1, -0.05) is 6.92 Å². The number of aliphatic hydroxyl groups excluding tert-OH is 1. The van der Waals surface area contributed by atoms with Gasteiger partial charge in [0, 0.05) is 30.9 Å². The molecular formula is C18H26N4OS. The molecular weight excluding hydrogens is 320 g/mol. The lowest BCUT2D eigenvalue weighted by molar-refractivity contribution is 0.0830. The second-order valence-corrected chi connectivity index (χ2v) is 8.46. The summed E-state index contributed by atoms with van der Waals surface area (Å²) in [6.07, 6.45) is 5.95. The summed E-state index contributed by atoms with van der Waals surface area (Å²) < 4.78 is 0. The minimum atomic E-state index is -0.121. The molecule has 130 valence electrons. The number of anilines is 1. The highest BCUT2D eigenvalue weighted by Crippen LogP contribution is 2.39. The lowest BCUT2D eigenvalue weighted by Gasteiger charge is -2.29. The summed E-state index contributed by atoms with van der Waals surface area (Å²) in [7, 11) is 0. The predicted octanol–water partition coefficient (Wildman–Crippen LogP) is 2.40. The number of piperidine rings is 1. The van der Waals surface area contributed by atoms with Crippen molar-refractivity contribution in [3.8, 4) is 0 Å². The summed E-state index contributed by atoms with van der Waals surface area (Å²) >= 11 is 1.82. The van der Waals surface area contributed by atoms with Crippen molar-refractivity contribution in [3.05, 3.63) is 16.3 Å². The van der Waals surface area contributed by atoms with E-state index < -0.39 is 0 Å². The average Bonchev–Trinajstić information content (AvgIpc) is 2.92. The lowest BCUT2D eigenvalue weighted by atomic mass is 9.89. The molecule has 1 atom stereocenters. The van der Waals surface area contributed by atoms with Crippen LogP contribution in [0.5, 0.6) is 0 Å². The minimum Gasteiger partial charge on any atom is -0.393 e. The number of rotatable bonds is 3. The first-order chi connectivity index (χ1) is 11.6. The zero-order chi connectivity index (χ0) is 16.7. The SMILES string of the molecule is CC1CCc2c(sc3nc(CCN4CCC(O)CC4)nc(N)c23)C1. The molecule has 0 radical (unpaired) electrons. The van der Waals surface area contributed by atoms with Crippen LogP contribution >= 0.6 is 11.3 Å². The van der Waals surface area contributed by atoms with E-state index in [1.807, 2.05) is 11.3 Å². The molecule has 24 heavy (non-hydrogen) atoms. The van der Waals surface area contributed by atoms with Crippen molar-refractivity contribution in [3.63, 3.8) is 0 Å². The van der Waals surface area contributed by atoms with Crippen molar-refractivity contribution < 1.29 is 5.11 Å². The summed E-state index contributed by atoms with van der Waals surface area (Å²) in [4.78, 5) is 14.3. The first-order valence-electron chi connectivity index (χ1n) is 9.07. The fourth-order valence-corrected chi connectivity index (χ4v) is 5.34. The van der Waals surface area contributed by atoms with E-state index in [9.17, 15) is 5.11 Å². The Labute approximate surface area is 146 Å². The third kappa shape index (κ3) is 3.15. The Morgan fingerprint density at radius 2 is 2.04 bits per heavy atom.